The zero-order valence-corrected chi connectivity index (χ0v) is 9.46. The predicted molar refractivity (Wildman–Crippen MR) is 54.2 cm³/mol. The van der Waals surface area contributed by atoms with Gasteiger partial charge >= 0.3 is 5.97 Å². The molecule has 0 bridgehead atoms. The lowest BCUT2D eigenvalue weighted by atomic mass is 9.86. The van der Waals surface area contributed by atoms with E-state index in [9.17, 15) is 4.79 Å². The maximum atomic E-state index is 10.9. The Kier molecular flexibility index (Phi) is 2.91. The van der Waals surface area contributed by atoms with Crippen LogP contribution in [-0.4, -0.2) is 22.8 Å². The first-order valence-electron chi connectivity index (χ1n) is 5.14. The quantitative estimate of drug-likeness (QED) is 0.761. The molecule has 3 heteroatoms. The zero-order valence-electron chi connectivity index (χ0n) is 9.46. The topological polar surface area (TPSA) is 46.5 Å². The first-order valence-corrected chi connectivity index (χ1v) is 5.14. The highest BCUT2D eigenvalue weighted by molar-refractivity contribution is 5.73. The highest BCUT2D eigenvalue weighted by Crippen LogP contribution is 2.35. The molecular weight excluding hydrogens is 180 g/mol. The van der Waals surface area contributed by atoms with E-state index in [1.165, 1.54) is 0 Å². The summed E-state index contributed by atoms with van der Waals surface area (Å²) < 4.78 is 5.77. The number of hydrogen-bond donors (Lipinski definition) is 1. The second kappa shape index (κ2) is 3.54. The van der Waals surface area contributed by atoms with Crippen LogP contribution in [0.25, 0.3) is 0 Å². The molecule has 82 valence electrons. The Balaban J connectivity index is 2.51. The normalized spacial score (nSPS) is 26.4. The Hall–Kier alpha value is -0.570. The molecule has 14 heavy (non-hydrogen) atoms. The summed E-state index contributed by atoms with van der Waals surface area (Å²) in [4.78, 5) is 10.9. The van der Waals surface area contributed by atoms with Crippen LogP contribution in [0.4, 0.5) is 0 Å². The molecule has 1 aliphatic heterocycles. The van der Waals surface area contributed by atoms with Crippen molar-refractivity contribution in [3.63, 3.8) is 0 Å². The van der Waals surface area contributed by atoms with Gasteiger partial charge in [0, 0.05) is 0 Å². The monoisotopic (exact) mass is 200 g/mol. The van der Waals surface area contributed by atoms with E-state index in [4.69, 9.17) is 9.84 Å². The van der Waals surface area contributed by atoms with Crippen molar-refractivity contribution in [3.05, 3.63) is 0 Å². The summed E-state index contributed by atoms with van der Waals surface area (Å²) in [6.07, 6.45) is 2.71. The molecule has 1 rings (SSSR count). The molecule has 0 aromatic carbocycles. The van der Waals surface area contributed by atoms with Crippen LogP contribution in [0.3, 0.4) is 0 Å². The van der Waals surface area contributed by atoms with Crippen LogP contribution in [0.15, 0.2) is 0 Å². The van der Waals surface area contributed by atoms with E-state index in [-0.39, 0.29) is 11.7 Å². The maximum absolute atomic E-state index is 10.9. The summed E-state index contributed by atoms with van der Waals surface area (Å²) in [5.74, 6) is -0.745. The number of carboxylic acid groups (broad SMARTS) is 1. The lowest BCUT2D eigenvalue weighted by molar-refractivity contribution is -0.149. The first kappa shape index (κ1) is 11.5. The fraction of sp³-hybridized carbons (Fsp3) is 0.909. The summed E-state index contributed by atoms with van der Waals surface area (Å²) in [7, 11) is 0. The molecule has 1 N–H and O–H groups in total. The van der Waals surface area contributed by atoms with Crippen LogP contribution in [0, 0.1) is 5.41 Å². The molecule has 3 nitrogen and oxygen atoms in total. The van der Waals surface area contributed by atoms with Crippen molar-refractivity contribution in [2.75, 3.05) is 0 Å². The van der Waals surface area contributed by atoms with Crippen molar-refractivity contribution in [3.8, 4) is 0 Å². The van der Waals surface area contributed by atoms with Gasteiger partial charge in [0.15, 0.2) is 0 Å². The number of hydrogen-bond acceptors (Lipinski definition) is 2. The average Bonchev–Trinajstić information content (AvgIpc) is 2.28. The molecule has 0 aromatic rings. The van der Waals surface area contributed by atoms with Gasteiger partial charge in [0.05, 0.1) is 17.1 Å². The zero-order chi connectivity index (χ0) is 11.0. The Morgan fingerprint density at radius 3 is 2.50 bits per heavy atom. The van der Waals surface area contributed by atoms with Crippen LogP contribution < -0.4 is 0 Å². The highest BCUT2D eigenvalue weighted by atomic mass is 16.5. The van der Waals surface area contributed by atoms with Crippen LogP contribution in [-0.2, 0) is 9.53 Å². The first-order chi connectivity index (χ1) is 6.23. The maximum Gasteiger partial charge on any atom is 0.309 e. The smallest absolute Gasteiger partial charge is 0.309 e. The molecule has 1 unspecified atom stereocenters. The Morgan fingerprint density at radius 2 is 2.14 bits per heavy atom. The molecule has 0 aromatic heterocycles. The van der Waals surface area contributed by atoms with E-state index in [0.717, 1.165) is 12.8 Å². The summed E-state index contributed by atoms with van der Waals surface area (Å²) in [6, 6.07) is 0. The van der Waals surface area contributed by atoms with E-state index in [0.29, 0.717) is 6.42 Å². The Bertz CT molecular complexity index is 231. The molecule has 0 spiro atoms. The van der Waals surface area contributed by atoms with E-state index in [2.05, 4.69) is 13.8 Å². The largest absolute Gasteiger partial charge is 0.481 e. The molecule has 0 aliphatic carbocycles. The third-order valence-corrected chi connectivity index (χ3v) is 2.87. The minimum atomic E-state index is -0.745. The van der Waals surface area contributed by atoms with Crippen molar-refractivity contribution in [1.82, 2.24) is 0 Å². The number of ether oxygens (including phenoxy) is 1. The third-order valence-electron chi connectivity index (χ3n) is 2.87. The minimum absolute atomic E-state index is 0.0702. The van der Waals surface area contributed by atoms with Crippen molar-refractivity contribution >= 4 is 5.97 Å². The van der Waals surface area contributed by atoms with Gasteiger partial charge in [-0.25, -0.2) is 0 Å². The molecule has 1 heterocycles. The summed E-state index contributed by atoms with van der Waals surface area (Å²) in [5.41, 5.74) is -0.746. The Morgan fingerprint density at radius 1 is 1.57 bits per heavy atom. The lowest BCUT2D eigenvalue weighted by Gasteiger charge is -2.25. The van der Waals surface area contributed by atoms with Crippen LogP contribution in [0.5, 0.6) is 0 Å². The van der Waals surface area contributed by atoms with E-state index in [1.54, 1.807) is 13.8 Å². The molecule has 0 saturated carbocycles. The van der Waals surface area contributed by atoms with Crippen molar-refractivity contribution in [2.24, 2.45) is 5.41 Å². The fourth-order valence-corrected chi connectivity index (χ4v) is 1.88. The van der Waals surface area contributed by atoms with Crippen molar-refractivity contribution in [2.45, 2.75) is 58.7 Å². The van der Waals surface area contributed by atoms with Crippen molar-refractivity contribution in [1.29, 1.82) is 0 Å². The number of carbonyl (C=O) groups is 1. The summed E-state index contributed by atoms with van der Waals surface area (Å²) in [6.45, 7) is 7.62. The number of rotatable bonds is 3. The van der Waals surface area contributed by atoms with Gasteiger partial charge < -0.3 is 9.84 Å². The Labute approximate surface area is 85.5 Å². The predicted octanol–water partition coefficient (Wildman–Crippen LogP) is 2.44. The molecule has 0 radical (unpaired) electrons. The summed E-state index contributed by atoms with van der Waals surface area (Å²) >= 11 is 0. The van der Waals surface area contributed by atoms with E-state index >= 15 is 0 Å². The minimum Gasteiger partial charge on any atom is -0.481 e. The van der Waals surface area contributed by atoms with E-state index < -0.39 is 11.4 Å². The fourth-order valence-electron chi connectivity index (χ4n) is 1.88. The lowest BCUT2D eigenvalue weighted by Crippen LogP contribution is -2.30. The van der Waals surface area contributed by atoms with Gasteiger partial charge in [-0.1, -0.05) is 0 Å². The van der Waals surface area contributed by atoms with Crippen LogP contribution >= 0.6 is 0 Å². The second-order valence-electron chi connectivity index (χ2n) is 5.43. The van der Waals surface area contributed by atoms with E-state index in [1.807, 2.05) is 0 Å². The number of aliphatic carboxylic acids is 1. The highest BCUT2D eigenvalue weighted by Gasteiger charge is 2.37. The summed E-state index contributed by atoms with van der Waals surface area (Å²) in [5, 5.41) is 8.98. The molecule has 1 aliphatic rings. The third kappa shape index (κ3) is 2.71. The molecular formula is C11H20O3. The van der Waals surface area contributed by atoms with Gasteiger partial charge in [0.2, 0.25) is 0 Å². The van der Waals surface area contributed by atoms with Gasteiger partial charge in [-0.3, -0.25) is 4.79 Å². The van der Waals surface area contributed by atoms with Gasteiger partial charge in [-0.15, -0.1) is 0 Å². The van der Waals surface area contributed by atoms with Crippen LogP contribution in [0.1, 0.15) is 47.0 Å². The second-order valence-corrected chi connectivity index (χ2v) is 5.43. The van der Waals surface area contributed by atoms with Gasteiger partial charge in [-0.2, -0.15) is 0 Å². The number of carboxylic acids is 1. The van der Waals surface area contributed by atoms with Crippen molar-refractivity contribution < 1.29 is 14.6 Å². The average molecular weight is 200 g/mol. The molecule has 1 saturated heterocycles. The molecule has 1 atom stereocenters. The molecule has 0 amide bonds. The SMILES string of the molecule is CC1(C)CCC(CC(C)(C)C(=O)O)O1. The standard InChI is InChI=1S/C11H20O3/c1-10(2,9(12)13)7-8-5-6-11(3,4)14-8/h8H,5-7H2,1-4H3,(H,12,13). The van der Waals surface area contributed by atoms with Gasteiger partial charge in [-0.05, 0) is 47.0 Å². The van der Waals surface area contributed by atoms with Gasteiger partial charge in [0.1, 0.15) is 0 Å². The van der Waals surface area contributed by atoms with Gasteiger partial charge in [0.25, 0.3) is 0 Å². The molecule has 1 fully saturated rings. The van der Waals surface area contributed by atoms with Crippen LogP contribution in [0.2, 0.25) is 0 Å².